The minimum atomic E-state index is -0.304. The predicted octanol–water partition coefficient (Wildman–Crippen LogP) is 5.46. The molecule has 172 valence electrons. The van der Waals surface area contributed by atoms with Crippen molar-refractivity contribution in [3.05, 3.63) is 77.9 Å². The number of pyridine rings is 1. The van der Waals surface area contributed by atoms with Gasteiger partial charge >= 0.3 is 0 Å². The van der Waals surface area contributed by atoms with Crippen molar-refractivity contribution < 1.29 is 13.9 Å². The number of hydrogen-bond acceptors (Lipinski definition) is 4. The van der Waals surface area contributed by atoms with Gasteiger partial charge in [0.25, 0.3) is 5.91 Å². The lowest BCUT2D eigenvalue weighted by molar-refractivity contribution is -0.0673. The highest BCUT2D eigenvalue weighted by Gasteiger charge is 2.51. The van der Waals surface area contributed by atoms with Gasteiger partial charge in [0.1, 0.15) is 23.9 Å². The van der Waals surface area contributed by atoms with Crippen LogP contribution in [0.25, 0.3) is 5.70 Å². The molecule has 5 nitrogen and oxygen atoms in total. The van der Waals surface area contributed by atoms with Crippen molar-refractivity contribution in [3.8, 4) is 5.75 Å². The van der Waals surface area contributed by atoms with Gasteiger partial charge in [-0.25, -0.2) is 9.37 Å². The number of hydrogen-bond donors (Lipinski definition) is 0. The van der Waals surface area contributed by atoms with E-state index in [4.69, 9.17) is 4.74 Å². The van der Waals surface area contributed by atoms with E-state index in [1.807, 2.05) is 43.0 Å². The van der Waals surface area contributed by atoms with Gasteiger partial charge in [0.15, 0.2) is 0 Å². The lowest BCUT2D eigenvalue weighted by atomic mass is 9.64. The van der Waals surface area contributed by atoms with E-state index in [9.17, 15) is 9.18 Å². The third-order valence-corrected chi connectivity index (χ3v) is 6.78. The first kappa shape index (κ1) is 22.9. The Morgan fingerprint density at radius 3 is 2.70 bits per heavy atom. The number of amides is 1. The number of aliphatic imine (C=N–C) groups is 1. The van der Waals surface area contributed by atoms with Crippen LogP contribution in [0, 0.1) is 24.6 Å². The molecule has 0 unspecified atom stereocenters. The van der Waals surface area contributed by atoms with Gasteiger partial charge in [-0.05, 0) is 81.0 Å². The van der Waals surface area contributed by atoms with Gasteiger partial charge in [-0.2, -0.15) is 0 Å². The Morgan fingerprint density at radius 1 is 1.27 bits per heavy atom. The summed E-state index contributed by atoms with van der Waals surface area (Å²) in [5.74, 6) is 1.06. The molecule has 2 atom stereocenters. The number of ether oxygens (including phenoxy) is 1. The number of fused-ring (bicyclic) bond motifs is 2. The Hall–Kier alpha value is -3.28. The van der Waals surface area contributed by atoms with Crippen molar-refractivity contribution in [1.82, 2.24) is 9.88 Å². The lowest BCUT2D eigenvalue weighted by Crippen LogP contribution is -2.64. The number of carbonyl (C=O) groups is 1. The summed E-state index contributed by atoms with van der Waals surface area (Å²) in [6, 6.07) is 9.81. The Labute approximate surface area is 194 Å². The van der Waals surface area contributed by atoms with E-state index in [1.165, 1.54) is 12.1 Å². The number of benzene rings is 1. The van der Waals surface area contributed by atoms with Crippen LogP contribution in [0.3, 0.4) is 0 Å². The predicted molar refractivity (Wildman–Crippen MR) is 129 cm³/mol. The molecule has 6 heteroatoms. The number of carbonyl (C=O) groups excluding carboxylic acids is 1. The summed E-state index contributed by atoms with van der Waals surface area (Å²) < 4.78 is 19.2. The molecule has 1 aromatic heterocycles. The zero-order valence-electron chi connectivity index (χ0n) is 19.4. The number of nitrogens with zero attached hydrogens (tertiary/aromatic N) is 3. The zero-order valence-corrected chi connectivity index (χ0v) is 19.4. The molecule has 5 rings (SSSR count). The molecule has 3 fully saturated rings. The van der Waals surface area contributed by atoms with Crippen molar-refractivity contribution in [1.29, 1.82) is 0 Å². The minimum absolute atomic E-state index is 0.0880. The fraction of sp³-hybridized carbons (Fsp3) is 0.370. The van der Waals surface area contributed by atoms with Gasteiger partial charge < -0.3 is 9.64 Å². The third-order valence-electron chi connectivity index (χ3n) is 6.78. The number of aryl methyl sites for hydroxylation is 1. The molecule has 1 saturated carbocycles. The maximum atomic E-state index is 13.9. The summed E-state index contributed by atoms with van der Waals surface area (Å²) in [4.78, 5) is 24.9. The summed E-state index contributed by atoms with van der Waals surface area (Å²) in [6.07, 6.45) is 7.36. The summed E-state index contributed by atoms with van der Waals surface area (Å²) >= 11 is 0. The lowest BCUT2D eigenvalue weighted by Gasteiger charge is -2.57. The number of aromatic nitrogens is 1. The van der Waals surface area contributed by atoms with Crippen molar-refractivity contribution in [3.63, 3.8) is 0 Å². The van der Waals surface area contributed by atoms with E-state index in [-0.39, 0.29) is 23.8 Å². The first-order valence-electron chi connectivity index (χ1n) is 11.4. The van der Waals surface area contributed by atoms with Crippen LogP contribution in [-0.2, 0) is 0 Å². The van der Waals surface area contributed by atoms with E-state index in [0.717, 1.165) is 18.5 Å². The molecular weight excluding hydrogens is 417 g/mol. The van der Waals surface area contributed by atoms with Crippen LogP contribution in [0.4, 0.5) is 4.39 Å². The maximum Gasteiger partial charge on any atom is 0.273 e. The van der Waals surface area contributed by atoms with Crippen molar-refractivity contribution >= 4 is 17.8 Å². The molecule has 3 aliphatic rings. The molecule has 0 spiro atoms. The van der Waals surface area contributed by atoms with E-state index in [2.05, 4.69) is 23.5 Å². The highest BCUT2D eigenvalue weighted by Crippen LogP contribution is 2.47. The molecule has 2 aliphatic heterocycles. The van der Waals surface area contributed by atoms with Crippen LogP contribution in [-0.4, -0.2) is 40.7 Å². The van der Waals surface area contributed by atoms with Gasteiger partial charge in [-0.15, -0.1) is 0 Å². The van der Waals surface area contributed by atoms with E-state index in [1.54, 1.807) is 18.3 Å². The van der Waals surface area contributed by atoms with Crippen LogP contribution >= 0.6 is 0 Å². The highest BCUT2D eigenvalue weighted by molar-refractivity contribution is 5.98. The highest BCUT2D eigenvalue weighted by atomic mass is 19.1. The molecule has 3 heterocycles. The van der Waals surface area contributed by atoms with Gasteiger partial charge in [0.05, 0.1) is 11.7 Å². The molecule has 1 aromatic carbocycles. The molecule has 2 aromatic rings. The standard InChI is InChI=1S/C27H30FN3O2/c1-5-6-13-29-19(4)24-12-7-17(2)30-26(24)27(32)31-22-14-20(15-22)18(3)25(31)16-33-23-10-8-21(28)9-11-23/h5-13,18,20,22,25H,4,14-16H2,1-3H3/b6-5-,29-13?/t18-,20?,22?,25+/m1/s1. The van der Waals surface area contributed by atoms with E-state index < -0.39 is 0 Å². The number of allylic oxidation sites excluding steroid dienone is 2. The minimum Gasteiger partial charge on any atom is -0.491 e. The van der Waals surface area contributed by atoms with Crippen molar-refractivity contribution in [2.24, 2.45) is 16.8 Å². The molecule has 1 aliphatic carbocycles. The molecule has 1 amide bonds. The summed E-state index contributed by atoms with van der Waals surface area (Å²) in [5, 5.41) is 0. The molecule has 0 radical (unpaired) electrons. The first-order valence-corrected chi connectivity index (χ1v) is 11.4. The topological polar surface area (TPSA) is 54.8 Å². The van der Waals surface area contributed by atoms with Gasteiger partial charge in [-0.3, -0.25) is 9.79 Å². The maximum absolute atomic E-state index is 13.9. The molecule has 33 heavy (non-hydrogen) atoms. The Kier molecular flexibility index (Phi) is 6.72. The van der Waals surface area contributed by atoms with E-state index in [0.29, 0.717) is 41.1 Å². The van der Waals surface area contributed by atoms with Gasteiger partial charge in [0.2, 0.25) is 0 Å². The zero-order chi connectivity index (χ0) is 23.5. The normalized spacial score (nSPS) is 24.2. The fourth-order valence-electron chi connectivity index (χ4n) is 4.75. The smallest absolute Gasteiger partial charge is 0.273 e. The quantitative estimate of drug-likeness (QED) is 0.529. The SMILES string of the molecule is C=C(N=C/C=C\C)c1ccc(C)nc1C(=O)N1C2CC(C2)[C@@H](C)[C@@H]1COc1ccc(F)cc1. The van der Waals surface area contributed by atoms with Crippen LogP contribution in [0.15, 0.2) is 60.1 Å². The molecule has 2 saturated heterocycles. The molecule has 2 bridgehead atoms. The van der Waals surface area contributed by atoms with Gasteiger partial charge in [0, 0.05) is 23.5 Å². The second-order valence-corrected chi connectivity index (χ2v) is 8.89. The average Bonchev–Trinajstić information content (AvgIpc) is 2.77. The summed E-state index contributed by atoms with van der Waals surface area (Å²) in [5.41, 5.74) is 2.28. The number of rotatable bonds is 7. The van der Waals surface area contributed by atoms with Crippen LogP contribution < -0.4 is 4.74 Å². The largest absolute Gasteiger partial charge is 0.491 e. The first-order chi connectivity index (χ1) is 15.9. The average molecular weight is 448 g/mol. The van der Waals surface area contributed by atoms with Crippen LogP contribution in [0.1, 0.15) is 48.4 Å². The van der Waals surface area contributed by atoms with E-state index >= 15 is 0 Å². The van der Waals surface area contributed by atoms with Crippen LogP contribution in [0.2, 0.25) is 0 Å². The Morgan fingerprint density at radius 2 is 2.00 bits per heavy atom. The monoisotopic (exact) mass is 447 g/mol. The Balaban J connectivity index is 1.61. The molecular formula is C27H30FN3O2. The van der Waals surface area contributed by atoms with Crippen molar-refractivity contribution in [2.45, 2.75) is 45.7 Å². The number of piperidine rings is 2. The third kappa shape index (κ3) is 4.75. The van der Waals surface area contributed by atoms with Crippen LogP contribution in [0.5, 0.6) is 5.75 Å². The second-order valence-electron chi connectivity index (χ2n) is 8.89. The second kappa shape index (κ2) is 9.69. The summed E-state index contributed by atoms with van der Waals surface area (Å²) in [6.45, 7) is 10.4. The van der Waals surface area contributed by atoms with Crippen molar-refractivity contribution in [2.75, 3.05) is 6.61 Å². The fourth-order valence-corrected chi connectivity index (χ4v) is 4.75. The Bertz CT molecular complexity index is 1090. The number of halogens is 1. The molecule has 0 N–H and O–H groups in total. The van der Waals surface area contributed by atoms with Gasteiger partial charge in [-0.1, -0.05) is 19.6 Å². The summed E-state index contributed by atoms with van der Waals surface area (Å²) in [7, 11) is 0.